The zero-order valence-corrected chi connectivity index (χ0v) is 19.2. The molecular weight excluding hydrogens is 427 g/mol. The molecule has 0 atom stereocenters. The van der Waals surface area contributed by atoms with E-state index in [9.17, 15) is 4.39 Å². The van der Waals surface area contributed by atoms with E-state index in [0.29, 0.717) is 0 Å². The van der Waals surface area contributed by atoms with Crippen molar-refractivity contribution in [2.75, 3.05) is 0 Å². The first kappa shape index (κ1) is 21.1. The van der Waals surface area contributed by atoms with Crippen molar-refractivity contribution in [2.24, 2.45) is 0 Å². The van der Waals surface area contributed by atoms with E-state index in [-0.39, 0.29) is 5.82 Å². The molecule has 1 heteroatoms. The highest BCUT2D eigenvalue weighted by Gasteiger charge is 2.05. The lowest BCUT2D eigenvalue weighted by Gasteiger charge is -2.08. The van der Waals surface area contributed by atoms with E-state index in [2.05, 4.69) is 103 Å². The van der Waals surface area contributed by atoms with Gasteiger partial charge in [0.2, 0.25) is 0 Å². The molecule has 0 aliphatic rings. The Kier molecular flexibility index (Phi) is 5.44. The largest absolute Gasteiger partial charge is 0.207 e. The van der Waals surface area contributed by atoms with Gasteiger partial charge in [0.15, 0.2) is 0 Å². The summed E-state index contributed by atoms with van der Waals surface area (Å²) in [4.78, 5) is 0. The van der Waals surface area contributed by atoms with Crippen LogP contribution in [0.15, 0.2) is 140 Å². The number of halogens is 1. The molecule has 0 unspecified atom stereocenters. The van der Waals surface area contributed by atoms with Crippen LogP contribution in [0.1, 0.15) is 0 Å². The molecule has 0 fully saturated rings. The number of hydrogen-bond donors (Lipinski definition) is 0. The van der Waals surface area contributed by atoms with Crippen molar-refractivity contribution < 1.29 is 4.39 Å². The fraction of sp³-hybridized carbons (Fsp3) is 0. The lowest BCUT2D eigenvalue weighted by Crippen LogP contribution is -1.83. The van der Waals surface area contributed by atoms with E-state index < -0.39 is 0 Å². The second kappa shape index (κ2) is 9.04. The van der Waals surface area contributed by atoms with E-state index in [4.69, 9.17) is 0 Å². The predicted octanol–water partition coefficient (Wildman–Crippen LogP) is 9.65. The van der Waals surface area contributed by atoms with Crippen LogP contribution in [0.2, 0.25) is 0 Å². The average molecular weight is 451 g/mol. The molecule has 0 aliphatic carbocycles. The number of rotatable bonds is 4. The minimum atomic E-state index is -0.215. The predicted molar refractivity (Wildman–Crippen MR) is 146 cm³/mol. The second-order valence-electron chi connectivity index (χ2n) is 8.80. The van der Waals surface area contributed by atoms with Crippen molar-refractivity contribution in [1.29, 1.82) is 0 Å². The normalized spacial score (nSPS) is 11.0. The maximum Gasteiger partial charge on any atom is 0.123 e. The lowest BCUT2D eigenvalue weighted by molar-refractivity contribution is 0.628. The van der Waals surface area contributed by atoms with Gasteiger partial charge in [0, 0.05) is 0 Å². The van der Waals surface area contributed by atoms with Gasteiger partial charge in [0.1, 0.15) is 5.82 Å². The SMILES string of the molecule is Fc1cccc(-c2ccc(-c3ccc(-c4ccc(-c5ccc6ccccc6c5)cc4)cc3)cc2)c1. The van der Waals surface area contributed by atoms with Crippen molar-refractivity contribution in [3.05, 3.63) is 145 Å². The third-order valence-electron chi connectivity index (χ3n) is 6.56. The molecule has 0 saturated heterocycles. The molecule has 0 aliphatic heterocycles. The van der Waals surface area contributed by atoms with E-state index in [1.54, 1.807) is 12.1 Å². The first-order valence-electron chi connectivity index (χ1n) is 11.8. The third-order valence-corrected chi connectivity index (χ3v) is 6.56. The first-order chi connectivity index (χ1) is 17.2. The molecule has 0 aromatic heterocycles. The van der Waals surface area contributed by atoms with Gasteiger partial charge in [0.05, 0.1) is 0 Å². The number of hydrogen-bond acceptors (Lipinski definition) is 0. The Hall–Kier alpha value is -4.49. The summed E-state index contributed by atoms with van der Waals surface area (Å²) in [6, 6.07) is 47.5. The van der Waals surface area contributed by atoms with Gasteiger partial charge in [-0.25, -0.2) is 4.39 Å². The lowest BCUT2D eigenvalue weighted by atomic mass is 9.96. The Morgan fingerprint density at radius 3 is 1.17 bits per heavy atom. The van der Waals surface area contributed by atoms with Crippen molar-refractivity contribution >= 4 is 10.8 Å². The quantitative estimate of drug-likeness (QED) is 0.251. The fourth-order valence-corrected chi connectivity index (χ4v) is 4.60. The Balaban J connectivity index is 1.21. The first-order valence-corrected chi connectivity index (χ1v) is 11.8. The molecule has 6 aromatic carbocycles. The van der Waals surface area contributed by atoms with Gasteiger partial charge in [-0.15, -0.1) is 0 Å². The molecule has 166 valence electrons. The van der Waals surface area contributed by atoms with Crippen LogP contribution in [0.3, 0.4) is 0 Å². The van der Waals surface area contributed by atoms with Crippen LogP contribution in [0.4, 0.5) is 4.39 Å². The van der Waals surface area contributed by atoms with Crippen LogP contribution in [0.5, 0.6) is 0 Å². The second-order valence-corrected chi connectivity index (χ2v) is 8.80. The Morgan fingerprint density at radius 2 is 0.686 bits per heavy atom. The smallest absolute Gasteiger partial charge is 0.123 e. The average Bonchev–Trinajstić information content (AvgIpc) is 2.93. The summed E-state index contributed by atoms with van der Waals surface area (Å²) in [7, 11) is 0. The minimum Gasteiger partial charge on any atom is -0.207 e. The van der Waals surface area contributed by atoms with Crippen LogP contribution in [-0.4, -0.2) is 0 Å². The third kappa shape index (κ3) is 4.37. The van der Waals surface area contributed by atoms with E-state index in [0.717, 1.165) is 22.3 Å². The molecule has 0 amide bonds. The summed E-state index contributed by atoms with van der Waals surface area (Å²) in [5, 5.41) is 2.52. The fourth-order valence-electron chi connectivity index (χ4n) is 4.60. The van der Waals surface area contributed by atoms with Crippen LogP contribution in [0, 0.1) is 5.82 Å². The Morgan fingerprint density at radius 1 is 0.286 bits per heavy atom. The molecule has 6 rings (SSSR count). The summed E-state index contributed by atoms with van der Waals surface area (Å²) in [5.41, 5.74) is 9.03. The molecule has 0 bridgehead atoms. The van der Waals surface area contributed by atoms with Gasteiger partial charge in [-0.2, -0.15) is 0 Å². The molecule has 0 N–H and O–H groups in total. The summed E-state index contributed by atoms with van der Waals surface area (Å²) < 4.78 is 13.5. The van der Waals surface area contributed by atoms with E-state index in [1.165, 1.54) is 39.1 Å². The molecule has 0 heterocycles. The molecule has 0 nitrogen and oxygen atoms in total. The highest BCUT2D eigenvalue weighted by Crippen LogP contribution is 2.30. The van der Waals surface area contributed by atoms with Crippen molar-refractivity contribution in [1.82, 2.24) is 0 Å². The van der Waals surface area contributed by atoms with Crippen LogP contribution in [0.25, 0.3) is 55.3 Å². The zero-order chi connectivity index (χ0) is 23.6. The molecule has 0 spiro atoms. The maximum atomic E-state index is 13.5. The van der Waals surface area contributed by atoms with E-state index >= 15 is 0 Å². The summed E-state index contributed by atoms with van der Waals surface area (Å²) in [5.74, 6) is -0.215. The highest BCUT2D eigenvalue weighted by atomic mass is 19.1. The summed E-state index contributed by atoms with van der Waals surface area (Å²) in [6.45, 7) is 0. The van der Waals surface area contributed by atoms with Crippen molar-refractivity contribution in [3.63, 3.8) is 0 Å². The highest BCUT2D eigenvalue weighted by molar-refractivity contribution is 5.87. The van der Waals surface area contributed by atoms with E-state index in [1.807, 2.05) is 18.2 Å². The number of benzene rings is 6. The van der Waals surface area contributed by atoms with Gasteiger partial charge in [0.25, 0.3) is 0 Å². The van der Waals surface area contributed by atoms with Gasteiger partial charge >= 0.3 is 0 Å². The molecule has 0 radical (unpaired) electrons. The topological polar surface area (TPSA) is 0 Å². The van der Waals surface area contributed by atoms with Gasteiger partial charge in [-0.1, -0.05) is 121 Å². The molecular formula is C34H23F. The minimum absolute atomic E-state index is 0.215. The van der Waals surface area contributed by atoms with Crippen LogP contribution in [-0.2, 0) is 0 Å². The van der Waals surface area contributed by atoms with Gasteiger partial charge in [-0.3, -0.25) is 0 Å². The Labute approximate surface area is 205 Å². The summed E-state index contributed by atoms with van der Waals surface area (Å²) >= 11 is 0. The van der Waals surface area contributed by atoms with Gasteiger partial charge in [-0.05, 0) is 73.5 Å². The van der Waals surface area contributed by atoms with Crippen LogP contribution >= 0.6 is 0 Å². The monoisotopic (exact) mass is 450 g/mol. The zero-order valence-electron chi connectivity index (χ0n) is 19.2. The molecule has 6 aromatic rings. The maximum absolute atomic E-state index is 13.5. The summed E-state index contributed by atoms with van der Waals surface area (Å²) in [6.07, 6.45) is 0. The van der Waals surface area contributed by atoms with Gasteiger partial charge < -0.3 is 0 Å². The molecule has 35 heavy (non-hydrogen) atoms. The van der Waals surface area contributed by atoms with Crippen LogP contribution < -0.4 is 0 Å². The molecule has 0 saturated carbocycles. The van der Waals surface area contributed by atoms with Crippen molar-refractivity contribution in [2.45, 2.75) is 0 Å². The Bertz CT molecular complexity index is 1610. The standard InChI is InChI=1S/C34H23F/c35-34-7-3-6-32(23-34)29-16-12-27(13-17-29)25-8-10-26(11-9-25)28-14-18-30(19-15-28)33-21-20-24-4-1-2-5-31(24)22-33/h1-23H. The van der Waals surface area contributed by atoms with Crippen molar-refractivity contribution in [3.8, 4) is 44.5 Å². The number of fused-ring (bicyclic) bond motifs is 1.